The van der Waals surface area contributed by atoms with Crippen LogP contribution in [-0.4, -0.2) is 88.3 Å². The van der Waals surface area contributed by atoms with Gasteiger partial charge < -0.3 is 25.2 Å². The molecule has 0 aromatic carbocycles. The first-order chi connectivity index (χ1) is 12.2. The number of hydrogen-bond donors (Lipinski definition) is 3. The van der Waals surface area contributed by atoms with Gasteiger partial charge in [-0.25, -0.2) is 4.79 Å². The standard InChI is InChI=1S/C17H27N3O5S/c1-8-13(11(7-21)9(2)22)19-14(17(24)25)15(8)26-10-5-12(18-6-10)16(23)20(3)4/h7-13,15,18,22H,5-6H2,1-4H3,(H,24,25). The quantitative estimate of drug-likeness (QED) is 0.512. The predicted octanol–water partition coefficient (Wildman–Crippen LogP) is -0.353. The third-order valence-corrected chi connectivity index (χ3v) is 6.76. The van der Waals surface area contributed by atoms with E-state index in [1.165, 1.54) is 18.7 Å². The monoisotopic (exact) mass is 385 g/mol. The molecule has 0 radical (unpaired) electrons. The van der Waals surface area contributed by atoms with E-state index in [9.17, 15) is 24.6 Å². The maximum absolute atomic E-state index is 12.1. The summed E-state index contributed by atoms with van der Waals surface area (Å²) in [5.41, 5.74) is 0.0439. The molecule has 7 unspecified atom stereocenters. The molecule has 26 heavy (non-hydrogen) atoms. The fourth-order valence-electron chi connectivity index (χ4n) is 3.58. The van der Waals surface area contributed by atoms with Gasteiger partial charge in [-0.2, -0.15) is 0 Å². The maximum atomic E-state index is 12.1. The van der Waals surface area contributed by atoms with Crippen LogP contribution in [-0.2, 0) is 14.4 Å². The number of carboxylic acid groups (broad SMARTS) is 1. The van der Waals surface area contributed by atoms with Crippen molar-refractivity contribution in [1.29, 1.82) is 0 Å². The Morgan fingerprint density at radius 1 is 1.42 bits per heavy atom. The molecule has 8 nitrogen and oxygen atoms in total. The minimum atomic E-state index is -1.10. The third-order valence-electron chi connectivity index (χ3n) is 5.07. The summed E-state index contributed by atoms with van der Waals surface area (Å²) in [5, 5.41) is 22.3. The SMILES string of the molecule is CC(O)C(C=O)C1N=C(C(=O)O)C(SC2CNC(C(=O)N(C)C)C2)C1C. The molecule has 2 rings (SSSR count). The van der Waals surface area contributed by atoms with Gasteiger partial charge in [-0.05, 0) is 19.3 Å². The molecular weight excluding hydrogens is 358 g/mol. The normalized spacial score (nSPS) is 33.4. The highest BCUT2D eigenvalue weighted by molar-refractivity contribution is 8.01. The fourth-order valence-corrected chi connectivity index (χ4v) is 5.19. The molecular formula is C17H27N3O5S. The Kier molecular flexibility index (Phi) is 6.81. The molecule has 1 saturated heterocycles. The first kappa shape index (κ1) is 20.9. The van der Waals surface area contributed by atoms with E-state index >= 15 is 0 Å². The number of aliphatic imine (C=N–C) groups is 1. The number of hydrogen-bond acceptors (Lipinski definition) is 7. The number of nitrogens with zero attached hydrogens (tertiary/aromatic N) is 2. The Balaban J connectivity index is 2.11. The van der Waals surface area contributed by atoms with Crippen LogP contribution in [0.5, 0.6) is 0 Å². The zero-order valence-electron chi connectivity index (χ0n) is 15.5. The average molecular weight is 385 g/mol. The van der Waals surface area contributed by atoms with Gasteiger partial charge in [0.05, 0.1) is 29.4 Å². The summed E-state index contributed by atoms with van der Waals surface area (Å²) in [4.78, 5) is 40.9. The lowest BCUT2D eigenvalue weighted by Gasteiger charge is -2.26. The van der Waals surface area contributed by atoms with E-state index < -0.39 is 24.0 Å². The maximum Gasteiger partial charge on any atom is 0.350 e. The molecule has 0 aromatic rings. The molecule has 2 heterocycles. The van der Waals surface area contributed by atoms with Crippen molar-refractivity contribution in [1.82, 2.24) is 10.2 Å². The van der Waals surface area contributed by atoms with Gasteiger partial charge in [0.15, 0.2) is 0 Å². The molecule has 0 spiro atoms. The highest BCUT2D eigenvalue weighted by atomic mass is 32.2. The summed E-state index contributed by atoms with van der Waals surface area (Å²) in [7, 11) is 3.41. The van der Waals surface area contributed by atoms with Gasteiger partial charge in [0.2, 0.25) is 5.91 Å². The zero-order chi connectivity index (χ0) is 19.6. The number of aliphatic hydroxyl groups excluding tert-OH is 1. The number of aliphatic carboxylic acids is 1. The van der Waals surface area contributed by atoms with E-state index in [0.29, 0.717) is 19.3 Å². The van der Waals surface area contributed by atoms with E-state index in [2.05, 4.69) is 10.3 Å². The van der Waals surface area contributed by atoms with Gasteiger partial charge >= 0.3 is 5.97 Å². The number of rotatable bonds is 7. The van der Waals surface area contributed by atoms with Crippen LogP contribution in [0.2, 0.25) is 0 Å². The van der Waals surface area contributed by atoms with E-state index in [4.69, 9.17) is 0 Å². The van der Waals surface area contributed by atoms with Crippen LogP contribution < -0.4 is 5.32 Å². The number of aldehydes is 1. The van der Waals surface area contributed by atoms with Gasteiger partial charge in [-0.3, -0.25) is 9.79 Å². The third kappa shape index (κ3) is 4.27. The second kappa shape index (κ2) is 8.49. The Morgan fingerprint density at radius 2 is 2.08 bits per heavy atom. The first-order valence-electron chi connectivity index (χ1n) is 8.71. The Bertz CT molecular complexity index is 595. The second-order valence-electron chi connectivity index (χ2n) is 7.23. The lowest BCUT2D eigenvalue weighted by molar-refractivity contribution is -0.130. The number of carbonyl (C=O) groups excluding carboxylic acids is 2. The van der Waals surface area contributed by atoms with Crippen molar-refractivity contribution >= 4 is 35.6 Å². The highest BCUT2D eigenvalue weighted by Gasteiger charge is 2.45. The van der Waals surface area contributed by atoms with Gasteiger partial charge in [-0.1, -0.05) is 6.92 Å². The molecule has 0 aromatic heterocycles. The van der Waals surface area contributed by atoms with Crippen molar-refractivity contribution in [2.45, 2.75) is 49.0 Å². The number of carbonyl (C=O) groups is 3. The van der Waals surface area contributed by atoms with Crippen LogP contribution >= 0.6 is 11.8 Å². The van der Waals surface area contributed by atoms with E-state index in [1.807, 2.05) is 6.92 Å². The van der Waals surface area contributed by atoms with Crippen molar-refractivity contribution in [3.8, 4) is 0 Å². The summed E-state index contributed by atoms with van der Waals surface area (Å²) >= 11 is 1.49. The summed E-state index contributed by atoms with van der Waals surface area (Å²) in [6.45, 7) is 4.00. The smallest absolute Gasteiger partial charge is 0.350 e. The number of likely N-dealkylation sites (N-methyl/N-ethyl adjacent to an activating group) is 1. The van der Waals surface area contributed by atoms with Crippen molar-refractivity contribution in [2.24, 2.45) is 16.8 Å². The minimum absolute atomic E-state index is 0.00713. The lowest BCUT2D eigenvalue weighted by Crippen LogP contribution is -2.39. The molecule has 0 aliphatic carbocycles. The number of nitrogens with one attached hydrogen (secondary N) is 1. The summed E-state index contributed by atoms with van der Waals surface area (Å²) in [6.07, 6.45) is 0.388. The average Bonchev–Trinajstić information content (AvgIpc) is 3.14. The van der Waals surface area contributed by atoms with Crippen molar-refractivity contribution in [2.75, 3.05) is 20.6 Å². The molecule has 3 N–H and O–H groups in total. The number of carboxylic acids is 1. The summed E-state index contributed by atoms with van der Waals surface area (Å²) in [5.74, 6) is -2.01. The predicted molar refractivity (Wildman–Crippen MR) is 99.5 cm³/mol. The molecule has 146 valence electrons. The second-order valence-corrected chi connectivity index (χ2v) is 8.68. The Hall–Kier alpha value is -1.45. The Morgan fingerprint density at radius 3 is 2.58 bits per heavy atom. The van der Waals surface area contributed by atoms with Crippen LogP contribution in [0.15, 0.2) is 4.99 Å². The van der Waals surface area contributed by atoms with E-state index in [0.717, 1.165) is 0 Å². The van der Waals surface area contributed by atoms with Gasteiger partial charge in [0.1, 0.15) is 12.0 Å². The van der Waals surface area contributed by atoms with E-state index in [1.54, 1.807) is 19.0 Å². The molecule has 2 aliphatic rings. The van der Waals surface area contributed by atoms with Crippen LogP contribution in [0.25, 0.3) is 0 Å². The van der Waals surface area contributed by atoms with Crippen molar-refractivity contribution in [3.63, 3.8) is 0 Å². The van der Waals surface area contributed by atoms with Crippen LogP contribution in [0.4, 0.5) is 0 Å². The summed E-state index contributed by atoms with van der Waals surface area (Å²) < 4.78 is 0. The molecule has 1 amide bonds. The van der Waals surface area contributed by atoms with Crippen LogP contribution in [0.3, 0.4) is 0 Å². The topological polar surface area (TPSA) is 119 Å². The molecule has 1 fully saturated rings. The molecule has 7 atom stereocenters. The van der Waals surface area contributed by atoms with Crippen LogP contribution in [0, 0.1) is 11.8 Å². The first-order valence-corrected chi connectivity index (χ1v) is 9.66. The lowest BCUT2D eigenvalue weighted by atomic mass is 9.87. The minimum Gasteiger partial charge on any atom is -0.477 e. The van der Waals surface area contributed by atoms with Gasteiger partial charge in [0.25, 0.3) is 0 Å². The zero-order valence-corrected chi connectivity index (χ0v) is 16.3. The Labute approximate surface area is 157 Å². The van der Waals surface area contributed by atoms with Crippen molar-refractivity contribution < 1.29 is 24.6 Å². The highest BCUT2D eigenvalue weighted by Crippen LogP contribution is 2.39. The largest absolute Gasteiger partial charge is 0.477 e. The fraction of sp³-hybridized carbons (Fsp3) is 0.765. The molecule has 9 heteroatoms. The van der Waals surface area contributed by atoms with Gasteiger partial charge in [-0.15, -0.1) is 11.8 Å². The molecule has 0 saturated carbocycles. The number of aliphatic hydroxyl groups is 1. The molecule has 0 bridgehead atoms. The van der Waals surface area contributed by atoms with Crippen molar-refractivity contribution in [3.05, 3.63) is 0 Å². The number of thioether (sulfide) groups is 1. The number of amides is 1. The van der Waals surface area contributed by atoms with Crippen LogP contribution in [0.1, 0.15) is 20.3 Å². The van der Waals surface area contributed by atoms with Gasteiger partial charge in [0, 0.05) is 25.9 Å². The molecule has 2 aliphatic heterocycles. The van der Waals surface area contributed by atoms with E-state index in [-0.39, 0.29) is 34.1 Å². The summed E-state index contributed by atoms with van der Waals surface area (Å²) in [6, 6.07) is -0.815.